The Morgan fingerprint density at radius 1 is 1.44 bits per heavy atom. The van der Waals surface area contributed by atoms with Gasteiger partial charge in [0, 0.05) is 17.5 Å². The van der Waals surface area contributed by atoms with Crippen molar-refractivity contribution in [1.29, 1.82) is 0 Å². The molecule has 2 rings (SSSR count). The van der Waals surface area contributed by atoms with Crippen LogP contribution in [0.2, 0.25) is 5.02 Å². The molecule has 4 heteroatoms. The summed E-state index contributed by atoms with van der Waals surface area (Å²) in [4.78, 5) is 11.7. The molecular formula is C14H18ClNO2. The smallest absolute Gasteiger partial charge is 0.310 e. The molecule has 98 valence electrons. The highest BCUT2D eigenvalue weighted by Crippen LogP contribution is 2.48. The van der Waals surface area contributed by atoms with Gasteiger partial charge in [-0.05, 0) is 30.5 Å². The molecule has 1 aliphatic rings. The normalized spacial score (nSPS) is 19.7. The predicted molar refractivity (Wildman–Crippen MR) is 71.8 cm³/mol. The molecule has 1 fully saturated rings. The molecule has 1 aliphatic carbocycles. The Morgan fingerprint density at radius 3 is 2.61 bits per heavy atom. The third kappa shape index (κ3) is 2.25. The lowest BCUT2D eigenvalue weighted by Gasteiger charge is -2.33. The minimum Gasteiger partial charge on any atom is -0.481 e. The molecule has 0 heterocycles. The van der Waals surface area contributed by atoms with Crippen LogP contribution in [0.15, 0.2) is 24.3 Å². The fraction of sp³-hybridized carbons (Fsp3) is 0.500. The van der Waals surface area contributed by atoms with Gasteiger partial charge in [-0.15, -0.1) is 0 Å². The van der Waals surface area contributed by atoms with Gasteiger partial charge in [0.05, 0.1) is 5.41 Å². The highest BCUT2D eigenvalue weighted by atomic mass is 35.5. The summed E-state index contributed by atoms with van der Waals surface area (Å²) in [5, 5.41) is 10.2. The van der Waals surface area contributed by atoms with E-state index in [4.69, 9.17) is 17.3 Å². The number of aliphatic carboxylic acids is 1. The monoisotopic (exact) mass is 267 g/mol. The first-order valence-electron chi connectivity index (χ1n) is 6.29. The summed E-state index contributed by atoms with van der Waals surface area (Å²) in [5.74, 6) is -0.883. The molecule has 0 aromatic heterocycles. The molecule has 1 aromatic rings. The van der Waals surface area contributed by atoms with Gasteiger partial charge in [-0.2, -0.15) is 0 Å². The molecular weight excluding hydrogens is 250 g/mol. The average molecular weight is 268 g/mol. The second-order valence-corrected chi connectivity index (χ2v) is 5.45. The Morgan fingerprint density at radius 2 is 2.11 bits per heavy atom. The van der Waals surface area contributed by atoms with Gasteiger partial charge in [-0.1, -0.05) is 36.6 Å². The summed E-state index contributed by atoms with van der Waals surface area (Å²) in [5.41, 5.74) is 6.08. The SMILES string of the molecule is NCC(c1cccc(Cl)c1)C1(C(=O)O)CCCC1. The van der Waals surface area contributed by atoms with E-state index in [0.717, 1.165) is 18.4 Å². The van der Waals surface area contributed by atoms with E-state index in [1.54, 1.807) is 6.07 Å². The number of halogens is 1. The predicted octanol–water partition coefficient (Wildman–Crippen LogP) is 3.03. The number of nitrogens with two attached hydrogens (primary N) is 1. The van der Waals surface area contributed by atoms with E-state index in [-0.39, 0.29) is 5.92 Å². The van der Waals surface area contributed by atoms with Gasteiger partial charge in [0.1, 0.15) is 0 Å². The Kier molecular flexibility index (Phi) is 3.93. The van der Waals surface area contributed by atoms with E-state index in [2.05, 4.69) is 0 Å². The molecule has 0 saturated heterocycles. The zero-order valence-corrected chi connectivity index (χ0v) is 11.0. The molecule has 3 N–H and O–H groups in total. The number of benzene rings is 1. The summed E-state index contributed by atoms with van der Waals surface area (Å²) in [6.45, 7) is 0.340. The van der Waals surface area contributed by atoms with Crippen molar-refractivity contribution in [2.24, 2.45) is 11.1 Å². The van der Waals surface area contributed by atoms with Gasteiger partial charge in [-0.25, -0.2) is 0 Å². The van der Waals surface area contributed by atoms with Crippen molar-refractivity contribution in [2.75, 3.05) is 6.54 Å². The summed E-state index contributed by atoms with van der Waals surface area (Å²) in [6.07, 6.45) is 3.33. The van der Waals surface area contributed by atoms with Crippen molar-refractivity contribution >= 4 is 17.6 Å². The highest BCUT2D eigenvalue weighted by Gasteiger charge is 2.47. The quantitative estimate of drug-likeness (QED) is 0.881. The molecule has 3 nitrogen and oxygen atoms in total. The number of carbonyl (C=O) groups is 1. The Hall–Kier alpha value is -1.06. The zero-order valence-electron chi connectivity index (χ0n) is 10.2. The lowest BCUT2D eigenvalue weighted by molar-refractivity contribution is -0.150. The van der Waals surface area contributed by atoms with Crippen LogP contribution in [0, 0.1) is 5.41 Å². The Balaban J connectivity index is 2.40. The maximum atomic E-state index is 11.7. The molecule has 1 unspecified atom stereocenters. The second kappa shape index (κ2) is 5.29. The molecule has 1 atom stereocenters. The first-order valence-corrected chi connectivity index (χ1v) is 6.67. The lowest BCUT2D eigenvalue weighted by Crippen LogP contribution is -2.38. The van der Waals surface area contributed by atoms with Crippen LogP contribution in [-0.4, -0.2) is 17.6 Å². The van der Waals surface area contributed by atoms with Gasteiger partial charge < -0.3 is 10.8 Å². The van der Waals surface area contributed by atoms with Crippen LogP contribution in [0.5, 0.6) is 0 Å². The maximum Gasteiger partial charge on any atom is 0.310 e. The summed E-state index contributed by atoms with van der Waals surface area (Å²) in [6, 6.07) is 7.40. The van der Waals surface area contributed by atoms with E-state index in [9.17, 15) is 9.90 Å². The van der Waals surface area contributed by atoms with Gasteiger partial charge in [-0.3, -0.25) is 4.79 Å². The summed E-state index contributed by atoms with van der Waals surface area (Å²) < 4.78 is 0. The average Bonchev–Trinajstić information content (AvgIpc) is 2.81. The molecule has 0 amide bonds. The van der Waals surface area contributed by atoms with Crippen molar-refractivity contribution in [2.45, 2.75) is 31.6 Å². The second-order valence-electron chi connectivity index (χ2n) is 5.01. The van der Waals surface area contributed by atoms with E-state index < -0.39 is 11.4 Å². The molecule has 1 saturated carbocycles. The Labute approximate surface area is 112 Å². The van der Waals surface area contributed by atoms with E-state index in [1.807, 2.05) is 18.2 Å². The van der Waals surface area contributed by atoms with Crippen LogP contribution in [0.3, 0.4) is 0 Å². The van der Waals surface area contributed by atoms with Crippen LogP contribution >= 0.6 is 11.6 Å². The van der Waals surface area contributed by atoms with Crippen molar-refractivity contribution in [1.82, 2.24) is 0 Å². The van der Waals surface area contributed by atoms with E-state index >= 15 is 0 Å². The first kappa shape index (κ1) is 13.4. The minimum absolute atomic E-state index is 0.156. The van der Waals surface area contributed by atoms with E-state index in [1.165, 1.54) is 0 Å². The minimum atomic E-state index is -0.726. The largest absolute Gasteiger partial charge is 0.481 e. The standard InChI is InChI=1S/C14H18ClNO2/c15-11-5-3-4-10(8-11)12(9-16)14(13(17)18)6-1-2-7-14/h3-5,8,12H,1-2,6-7,9,16H2,(H,17,18). The van der Waals surface area contributed by atoms with Crippen LogP contribution in [0.1, 0.15) is 37.2 Å². The fourth-order valence-electron chi connectivity index (χ4n) is 3.12. The Bertz CT molecular complexity index is 441. The number of hydrogen-bond donors (Lipinski definition) is 2. The van der Waals surface area contributed by atoms with Gasteiger partial charge >= 0.3 is 5.97 Å². The topological polar surface area (TPSA) is 63.3 Å². The van der Waals surface area contributed by atoms with Crippen LogP contribution in [0.4, 0.5) is 0 Å². The molecule has 18 heavy (non-hydrogen) atoms. The summed E-state index contributed by atoms with van der Waals surface area (Å²) >= 11 is 5.99. The van der Waals surface area contributed by atoms with Crippen molar-refractivity contribution in [3.63, 3.8) is 0 Å². The van der Waals surface area contributed by atoms with Gasteiger partial charge in [0.25, 0.3) is 0 Å². The first-order chi connectivity index (χ1) is 8.60. The van der Waals surface area contributed by atoms with E-state index in [0.29, 0.717) is 24.4 Å². The van der Waals surface area contributed by atoms with Crippen LogP contribution in [0.25, 0.3) is 0 Å². The number of carboxylic acids is 1. The van der Waals surface area contributed by atoms with Crippen LogP contribution < -0.4 is 5.73 Å². The summed E-state index contributed by atoms with van der Waals surface area (Å²) in [7, 11) is 0. The molecule has 1 aromatic carbocycles. The maximum absolute atomic E-state index is 11.7. The lowest BCUT2D eigenvalue weighted by atomic mass is 9.70. The number of hydrogen-bond acceptors (Lipinski definition) is 2. The number of carboxylic acid groups (broad SMARTS) is 1. The van der Waals surface area contributed by atoms with Gasteiger partial charge in [0.15, 0.2) is 0 Å². The molecule has 0 radical (unpaired) electrons. The van der Waals surface area contributed by atoms with Gasteiger partial charge in [0.2, 0.25) is 0 Å². The van der Waals surface area contributed by atoms with Crippen molar-refractivity contribution < 1.29 is 9.90 Å². The molecule has 0 bridgehead atoms. The van der Waals surface area contributed by atoms with Crippen molar-refractivity contribution in [3.05, 3.63) is 34.9 Å². The third-order valence-corrected chi connectivity index (χ3v) is 4.31. The molecule has 0 spiro atoms. The third-order valence-electron chi connectivity index (χ3n) is 4.08. The zero-order chi connectivity index (χ0) is 13.2. The van der Waals surface area contributed by atoms with Crippen molar-refractivity contribution in [3.8, 4) is 0 Å². The van der Waals surface area contributed by atoms with Crippen LogP contribution in [-0.2, 0) is 4.79 Å². The fourth-order valence-corrected chi connectivity index (χ4v) is 3.32. The number of rotatable bonds is 4. The highest BCUT2D eigenvalue weighted by molar-refractivity contribution is 6.30. The molecule has 0 aliphatic heterocycles.